The summed E-state index contributed by atoms with van der Waals surface area (Å²) < 4.78 is 0. The van der Waals surface area contributed by atoms with E-state index in [0.29, 0.717) is 23.1 Å². The van der Waals surface area contributed by atoms with Gasteiger partial charge in [-0.1, -0.05) is 23.7 Å². The Morgan fingerprint density at radius 1 is 1.41 bits per heavy atom. The zero-order valence-electron chi connectivity index (χ0n) is 12.0. The Balaban J connectivity index is 1.75. The van der Waals surface area contributed by atoms with Gasteiger partial charge in [0.2, 0.25) is 0 Å². The van der Waals surface area contributed by atoms with Gasteiger partial charge in [-0.05, 0) is 30.7 Å². The minimum absolute atomic E-state index is 0.0885. The molecule has 2 atom stereocenters. The van der Waals surface area contributed by atoms with Crippen molar-refractivity contribution >= 4 is 17.5 Å². The summed E-state index contributed by atoms with van der Waals surface area (Å²) in [5.74, 6) is 0.417. The average molecular weight is 318 g/mol. The molecule has 1 amide bonds. The quantitative estimate of drug-likeness (QED) is 0.797. The molecule has 0 radical (unpaired) electrons. The van der Waals surface area contributed by atoms with Crippen molar-refractivity contribution in [1.29, 1.82) is 0 Å². The Labute approximate surface area is 133 Å². The zero-order valence-corrected chi connectivity index (χ0v) is 12.8. The third-order valence-corrected chi connectivity index (χ3v) is 3.79. The molecule has 2 unspecified atom stereocenters. The molecule has 0 spiro atoms. The summed E-state index contributed by atoms with van der Waals surface area (Å²) in [7, 11) is 0. The number of amides is 1. The first-order valence-electron chi connectivity index (χ1n) is 6.98. The van der Waals surface area contributed by atoms with Crippen molar-refractivity contribution in [1.82, 2.24) is 26.1 Å². The number of aryl methyl sites for hydroxylation is 1. The highest BCUT2D eigenvalue weighted by Crippen LogP contribution is 2.23. The van der Waals surface area contributed by atoms with Gasteiger partial charge in [-0.2, -0.15) is 0 Å². The summed E-state index contributed by atoms with van der Waals surface area (Å²) in [6.45, 7) is 2.45. The molecule has 1 saturated heterocycles. The van der Waals surface area contributed by atoms with Crippen LogP contribution in [0.25, 0.3) is 0 Å². The van der Waals surface area contributed by atoms with Crippen LogP contribution in [0.3, 0.4) is 0 Å². The van der Waals surface area contributed by atoms with Gasteiger partial charge in [0.25, 0.3) is 5.91 Å². The lowest BCUT2D eigenvalue weighted by molar-refractivity contribution is 0.0923. The molecule has 3 N–H and O–H groups in total. The fourth-order valence-corrected chi connectivity index (χ4v) is 2.68. The van der Waals surface area contributed by atoms with Crippen LogP contribution in [-0.2, 0) is 0 Å². The maximum Gasteiger partial charge on any atom is 0.271 e. The number of benzene rings is 1. The van der Waals surface area contributed by atoms with Gasteiger partial charge in [0, 0.05) is 23.7 Å². The van der Waals surface area contributed by atoms with Crippen molar-refractivity contribution in [3.05, 3.63) is 58.6 Å². The van der Waals surface area contributed by atoms with Crippen LogP contribution in [0.2, 0.25) is 5.02 Å². The molecule has 2 aromatic rings. The summed E-state index contributed by atoms with van der Waals surface area (Å²) >= 11 is 6.04. The summed E-state index contributed by atoms with van der Waals surface area (Å²) in [6, 6.07) is 9.24. The summed E-state index contributed by atoms with van der Waals surface area (Å²) in [4.78, 5) is 20.4. The number of carbonyl (C=O) groups excluding carboxylic acids is 1. The van der Waals surface area contributed by atoms with Crippen LogP contribution in [0, 0.1) is 6.92 Å². The predicted molar refractivity (Wildman–Crippen MR) is 83.4 cm³/mol. The van der Waals surface area contributed by atoms with Crippen molar-refractivity contribution in [2.24, 2.45) is 0 Å². The van der Waals surface area contributed by atoms with Crippen molar-refractivity contribution in [2.45, 2.75) is 19.0 Å². The van der Waals surface area contributed by atoms with Gasteiger partial charge in [0.1, 0.15) is 17.7 Å². The second kappa shape index (κ2) is 6.39. The number of nitrogens with zero attached hydrogens (tertiary/aromatic N) is 2. The van der Waals surface area contributed by atoms with Crippen LogP contribution >= 0.6 is 11.6 Å². The molecule has 1 aromatic carbocycles. The standard InChI is InChI=1S/C15H16ClN5O/c1-9-17-6-5-13(19-9)15(22)20-14-12(8-18-21-14)10-3-2-4-11(16)7-10/h2-7,12,14,18,21H,8H2,1H3,(H,20,22). The normalized spacial score (nSPS) is 20.8. The van der Waals surface area contributed by atoms with Crippen LogP contribution in [0.1, 0.15) is 27.8 Å². The monoisotopic (exact) mass is 317 g/mol. The van der Waals surface area contributed by atoms with E-state index in [1.807, 2.05) is 24.3 Å². The van der Waals surface area contributed by atoms with E-state index in [1.54, 1.807) is 19.2 Å². The van der Waals surface area contributed by atoms with Gasteiger partial charge in [0.15, 0.2) is 0 Å². The first-order valence-corrected chi connectivity index (χ1v) is 7.35. The number of rotatable bonds is 3. The maximum atomic E-state index is 12.3. The second-order valence-electron chi connectivity index (χ2n) is 5.13. The molecule has 22 heavy (non-hydrogen) atoms. The third-order valence-electron chi connectivity index (χ3n) is 3.55. The molecule has 114 valence electrons. The molecule has 1 aliphatic heterocycles. The lowest BCUT2D eigenvalue weighted by Gasteiger charge is -2.20. The van der Waals surface area contributed by atoms with Crippen LogP contribution in [-0.4, -0.2) is 28.6 Å². The van der Waals surface area contributed by atoms with Gasteiger partial charge in [-0.3, -0.25) is 10.2 Å². The lowest BCUT2D eigenvalue weighted by Crippen LogP contribution is -2.46. The lowest BCUT2D eigenvalue weighted by atomic mass is 9.97. The van der Waals surface area contributed by atoms with E-state index in [9.17, 15) is 4.79 Å². The number of hydrazine groups is 1. The second-order valence-corrected chi connectivity index (χ2v) is 5.56. The number of carbonyl (C=O) groups is 1. The fourth-order valence-electron chi connectivity index (χ4n) is 2.48. The number of aromatic nitrogens is 2. The van der Waals surface area contributed by atoms with E-state index in [2.05, 4.69) is 26.1 Å². The highest BCUT2D eigenvalue weighted by molar-refractivity contribution is 6.30. The van der Waals surface area contributed by atoms with E-state index in [0.717, 1.165) is 5.56 Å². The molecule has 1 fully saturated rings. The van der Waals surface area contributed by atoms with E-state index < -0.39 is 0 Å². The molecule has 3 rings (SSSR count). The number of halogens is 1. The summed E-state index contributed by atoms with van der Waals surface area (Å²) in [6.07, 6.45) is 1.34. The Morgan fingerprint density at radius 3 is 3.05 bits per heavy atom. The van der Waals surface area contributed by atoms with E-state index >= 15 is 0 Å². The highest BCUT2D eigenvalue weighted by Gasteiger charge is 2.30. The molecule has 1 aromatic heterocycles. The molecule has 2 heterocycles. The van der Waals surface area contributed by atoms with E-state index in [1.165, 1.54) is 0 Å². The Bertz CT molecular complexity index is 693. The van der Waals surface area contributed by atoms with Crippen molar-refractivity contribution in [3.8, 4) is 0 Å². The molecule has 6 nitrogen and oxygen atoms in total. The van der Waals surface area contributed by atoms with Gasteiger partial charge >= 0.3 is 0 Å². The number of hydrogen-bond donors (Lipinski definition) is 3. The maximum absolute atomic E-state index is 12.3. The van der Waals surface area contributed by atoms with Crippen LogP contribution in [0.15, 0.2) is 36.5 Å². The van der Waals surface area contributed by atoms with E-state index in [4.69, 9.17) is 11.6 Å². The largest absolute Gasteiger partial charge is 0.334 e. The zero-order chi connectivity index (χ0) is 15.5. The minimum Gasteiger partial charge on any atom is -0.334 e. The molecule has 0 bridgehead atoms. The average Bonchev–Trinajstić information content (AvgIpc) is 2.95. The smallest absolute Gasteiger partial charge is 0.271 e. The van der Waals surface area contributed by atoms with Crippen LogP contribution in [0.4, 0.5) is 0 Å². The number of hydrogen-bond acceptors (Lipinski definition) is 5. The third kappa shape index (κ3) is 3.24. The van der Waals surface area contributed by atoms with Gasteiger partial charge in [-0.25, -0.2) is 15.4 Å². The number of nitrogens with one attached hydrogen (secondary N) is 3. The molecule has 7 heteroatoms. The highest BCUT2D eigenvalue weighted by atomic mass is 35.5. The summed E-state index contributed by atoms with van der Waals surface area (Å²) in [5.41, 5.74) is 7.56. The van der Waals surface area contributed by atoms with Crippen molar-refractivity contribution < 1.29 is 4.79 Å². The van der Waals surface area contributed by atoms with Gasteiger partial charge in [0.05, 0.1) is 0 Å². The topological polar surface area (TPSA) is 78.9 Å². The van der Waals surface area contributed by atoms with Crippen molar-refractivity contribution in [2.75, 3.05) is 6.54 Å². The van der Waals surface area contributed by atoms with Crippen LogP contribution in [0.5, 0.6) is 0 Å². The van der Waals surface area contributed by atoms with Gasteiger partial charge in [-0.15, -0.1) is 0 Å². The summed E-state index contributed by atoms with van der Waals surface area (Å²) in [5, 5.41) is 3.63. The molecule has 1 aliphatic rings. The van der Waals surface area contributed by atoms with Crippen LogP contribution < -0.4 is 16.2 Å². The Hall–Kier alpha value is -2.02. The van der Waals surface area contributed by atoms with E-state index in [-0.39, 0.29) is 18.0 Å². The SMILES string of the molecule is Cc1nccc(C(=O)NC2NNCC2c2cccc(Cl)c2)n1. The minimum atomic E-state index is -0.237. The Kier molecular flexibility index (Phi) is 4.33. The predicted octanol–water partition coefficient (Wildman–Crippen LogP) is 1.39. The first-order chi connectivity index (χ1) is 10.6. The van der Waals surface area contributed by atoms with Gasteiger partial charge < -0.3 is 5.32 Å². The molecule has 0 saturated carbocycles. The Morgan fingerprint density at radius 2 is 2.27 bits per heavy atom. The first kappa shape index (κ1) is 14.9. The van der Waals surface area contributed by atoms with Crippen molar-refractivity contribution in [3.63, 3.8) is 0 Å². The fraction of sp³-hybridized carbons (Fsp3) is 0.267. The molecule has 0 aliphatic carbocycles. The molecular weight excluding hydrogens is 302 g/mol. The molecular formula is C15H16ClN5O.